The molecule has 1 aliphatic rings. The summed E-state index contributed by atoms with van der Waals surface area (Å²) in [4.78, 5) is 51.3. The number of nitrogens with one attached hydrogen (secondary N) is 2. The van der Waals surface area contributed by atoms with Crippen molar-refractivity contribution < 1.29 is 24.3 Å². The molecule has 3 amide bonds. The number of carboxylic acids is 1. The van der Waals surface area contributed by atoms with Gasteiger partial charge in [0.1, 0.15) is 18.1 Å². The number of benzene rings is 1. The van der Waals surface area contributed by atoms with Crippen molar-refractivity contribution in [2.45, 2.75) is 70.6 Å². The van der Waals surface area contributed by atoms with E-state index >= 15 is 0 Å². The molecule has 5 unspecified atom stereocenters. The zero-order chi connectivity index (χ0) is 23.8. The minimum absolute atomic E-state index is 0.0409. The summed E-state index contributed by atoms with van der Waals surface area (Å²) >= 11 is 0. The number of aliphatic carboxylic acids is 1. The van der Waals surface area contributed by atoms with E-state index < -0.39 is 47.9 Å². The van der Waals surface area contributed by atoms with E-state index in [1.54, 1.807) is 0 Å². The maximum Gasteiger partial charge on any atom is 0.326 e. The van der Waals surface area contributed by atoms with E-state index in [4.69, 9.17) is 5.73 Å². The predicted molar refractivity (Wildman–Crippen MR) is 119 cm³/mol. The van der Waals surface area contributed by atoms with Gasteiger partial charge in [-0.1, -0.05) is 50.6 Å². The number of carbonyl (C=O) groups excluding carboxylic acids is 3. The Bertz CT molecular complexity index is 816. The van der Waals surface area contributed by atoms with Crippen LogP contribution in [-0.2, 0) is 25.6 Å². The van der Waals surface area contributed by atoms with E-state index in [1.807, 2.05) is 44.2 Å². The second-order valence-electron chi connectivity index (χ2n) is 8.42. The smallest absolute Gasteiger partial charge is 0.326 e. The second-order valence-corrected chi connectivity index (χ2v) is 8.42. The second kappa shape index (κ2) is 11.6. The van der Waals surface area contributed by atoms with Crippen LogP contribution in [0.15, 0.2) is 30.3 Å². The van der Waals surface area contributed by atoms with Crippen LogP contribution in [0.3, 0.4) is 0 Å². The number of nitrogens with two attached hydrogens (primary N) is 1. The van der Waals surface area contributed by atoms with Crippen LogP contribution in [0.25, 0.3) is 0 Å². The van der Waals surface area contributed by atoms with Gasteiger partial charge >= 0.3 is 5.97 Å². The predicted octanol–water partition coefficient (Wildman–Crippen LogP) is 0.668. The van der Waals surface area contributed by atoms with Crippen LogP contribution in [0.1, 0.15) is 45.6 Å². The molecule has 0 aromatic heterocycles. The van der Waals surface area contributed by atoms with Crippen LogP contribution in [0.2, 0.25) is 0 Å². The molecule has 0 spiro atoms. The van der Waals surface area contributed by atoms with Crippen LogP contribution in [0.5, 0.6) is 0 Å². The van der Waals surface area contributed by atoms with Gasteiger partial charge in [0.2, 0.25) is 17.7 Å². The summed E-state index contributed by atoms with van der Waals surface area (Å²) in [5.41, 5.74) is 6.76. The van der Waals surface area contributed by atoms with Crippen molar-refractivity contribution in [3.63, 3.8) is 0 Å². The Labute approximate surface area is 188 Å². The van der Waals surface area contributed by atoms with Crippen molar-refractivity contribution in [1.29, 1.82) is 0 Å². The Morgan fingerprint density at radius 1 is 1.12 bits per heavy atom. The van der Waals surface area contributed by atoms with Crippen LogP contribution >= 0.6 is 0 Å². The van der Waals surface area contributed by atoms with Crippen LogP contribution in [0.4, 0.5) is 0 Å². The fraction of sp³-hybridized carbons (Fsp3) is 0.565. The van der Waals surface area contributed by atoms with Gasteiger partial charge in [0, 0.05) is 13.0 Å². The number of likely N-dealkylation sites (tertiary alicyclic amines) is 1. The van der Waals surface area contributed by atoms with Crippen molar-refractivity contribution in [3.8, 4) is 0 Å². The fourth-order valence-electron chi connectivity index (χ4n) is 3.72. The molecule has 1 aromatic rings. The van der Waals surface area contributed by atoms with Crippen molar-refractivity contribution in [3.05, 3.63) is 35.9 Å². The normalized spacial score (nSPS) is 19.5. The number of amides is 3. The van der Waals surface area contributed by atoms with E-state index in [-0.39, 0.29) is 12.3 Å². The highest BCUT2D eigenvalue weighted by molar-refractivity contribution is 5.94. The lowest BCUT2D eigenvalue weighted by atomic mass is 9.99. The fourth-order valence-corrected chi connectivity index (χ4v) is 3.72. The number of hydrogen-bond acceptors (Lipinski definition) is 5. The molecule has 1 aromatic carbocycles. The topological polar surface area (TPSA) is 142 Å². The quantitative estimate of drug-likeness (QED) is 0.416. The molecule has 1 heterocycles. The minimum Gasteiger partial charge on any atom is -0.480 e. The number of rotatable bonds is 10. The molecular formula is C23H34N4O5. The molecule has 1 fully saturated rings. The molecule has 0 saturated carbocycles. The van der Waals surface area contributed by atoms with Gasteiger partial charge in [-0.2, -0.15) is 0 Å². The Morgan fingerprint density at radius 3 is 2.38 bits per heavy atom. The van der Waals surface area contributed by atoms with Crippen LogP contribution < -0.4 is 16.4 Å². The van der Waals surface area contributed by atoms with E-state index in [2.05, 4.69) is 10.6 Å². The lowest BCUT2D eigenvalue weighted by Gasteiger charge is -2.28. The summed E-state index contributed by atoms with van der Waals surface area (Å²) in [6.07, 6.45) is 1.91. The van der Waals surface area contributed by atoms with E-state index in [0.29, 0.717) is 19.4 Å². The minimum atomic E-state index is -1.06. The highest BCUT2D eigenvalue weighted by Crippen LogP contribution is 2.19. The molecule has 0 bridgehead atoms. The summed E-state index contributed by atoms with van der Waals surface area (Å²) in [5.74, 6) is -2.50. The molecule has 32 heavy (non-hydrogen) atoms. The highest BCUT2D eigenvalue weighted by atomic mass is 16.4. The zero-order valence-electron chi connectivity index (χ0n) is 18.9. The molecule has 0 aliphatic carbocycles. The molecule has 9 heteroatoms. The van der Waals surface area contributed by atoms with E-state index in [9.17, 15) is 24.3 Å². The van der Waals surface area contributed by atoms with Gasteiger partial charge in [0.25, 0.3) is 0 Å². The van der Waals surface area contributed by atoms with Gasteiger partial charge in [0.15, 0.2) is 0 Å². The average Bonchev–Trinajstić information content (AvgIpc) is 3.27. The third-order valence-electron chi connectivity index (χ3n) is 6.03. The summed E-state index contributed by atoms with van der Waals surface area (Å²) in [5, 5.41) is 14.8. The Hall–Kier alpha value is -2.94. The number of hydrogen-bond donors (Lipinski definition) is 4. The van der Waals surface area contributed by atoms with Crippen LogP contribution in [-0.4, -0.2) is 64.4 Å². The third-order valence-corrected chi connectivity index (χ3v) is 6.03. The molecule has 5 N–H and O–H groups in total. The molecule has 9 nitrogen and oxygen atoms in total. The van der Waals surface area contributed by atoms with Crippen molar-refractivity contribution in [1.82, 2.24) is 15.5 Å². The maximum atomic E-state index is 13.2. The Balaban J connectivity index is 2.13. The third kappa shape index (κ3) is 6.53. The summed E-state index contributed by atoms with van der Waals surface area (Å²) in [7, 11) is 0. The lowest BCUT2D eigenvalue weighted by Crippen LogP contribution is -2.57. The first kappa shape index (κ1) is 25.3. The Kier molecular flexibility index (Phi) is 9.19. The molecule has 1 aliphatic heterocycles. The maximum absolute atomic E-state index is 13.2. The van der Waals surface area contributed by atoms with Gasteiger partial charge in [0.05, 0.1) is 6.04 Å². The van der Waals surface area contributed by atoms with Gasteiger partial charge in [-0.15, -0.1) is 0 Å². The largest absolute Gasteiger partial charge is 0.480 e. The standard InChI is InChI=1S/C23H34N4O5/c1-4-14(2)19(24)21(29)25-15(3)20(28)26-17(13-16-9-6-5-7-10-16)22(30)27-12-8-11-18(27)23(31)32/h5-7,9-10,14-15,17-19H,4,8,11-13,24H2,1-3H3,(H,25,29)(H,26,28)(H,31,32). The first-order valence-corrected chi connectivity index (χ1v) is 11.1. The average molecular weight is 447 g/mol. The van der Waals surface area contributed by atoms with E-state index in [0.717, 1.165) is 12.0 Å². The summed E-state index contributed by atoms with van der Waals surface area (Å²) < 4.78 is 0. The zero-order valence-corrected chi connectivity index (χ0v) is 18.9. The van der Waals surface area contributed by atoms with Gasteiger partial charge in [-0.05, 0) is 31.2 Å². The first-order valence-electron chi connectivity index (χ1n) is 11.1. The number of carbonyl (C=O) groups is 4. The van der Waals surface area contributed by atoms with Crippen molar-refractivity contribution in [2.75, 3.05) is 6.54 Å². The van der Waals surface area contributed by atoms with Gasteiger partial charge < -0.3 is 26.4 Å². The van der Waals surface area contributed by atoms with Crippen molar-refractivity contribution in [2.24, 2.45) is 11.7 Å². The molecular weight excluding hydrogens is 412 g/mol. The first-order chi connectivity index (χ1) is 15.1. The van der Waals surface area contributed by atoms with Gasteiger partial charge in [-0.3, -0.25) is 14.4 Å². The molecule has 0 radical (unpaired) electrons. The SMILES string of the molecule is CCC(C)C(N)C(=O)NC(C)C(=O)NC(Cc1ccccc1)C(=O)N1CCCC1C(=O)O. The van der Waals surface area contributed by atoms with Crippen molar-refractivity contribution >= 4 is 23.7 Å². The molecule has 176 valence electrons. The highest BCUT2D eigenvalue weighted by Gasteiger charge is 2.38. The van der Waals surface area contributed by atoms with Gasteiger partial charge in [-0.25, -0.2) is 4.79 Å². The Morgan fingerprint density at radius 2 is 1.78 bits per heavy atom. The number of nitrogens with zero attached hydrogens (tertiary/aromatic N) is 1. The monoisotopic (exact) mass is 446 g/mol. The number of carboxylic acid groups (broad SMARTS) is 1. The lowest BCUT2D eigenvalue weighted by molar-refractivity contribution is -0.149. The summed E-state index contributed by atoms with van der Waals surface area (Å²) in [6.45, 7) is 5.64. The molecule has 1 saturated heterocycles. The van der Waals surface area contributed by atoms with E-state index in [1.165, 1.54) is 11.8 Å². The van der Waals surface area contributed by atoms with Crippen LogP contribution in [0, 0.1) is 5.92 Å². The molecule has 5 atom stereocenters. The summed E-state index contributed by atoms with van der Waals surface area (Å²) in [6, 6.07) is 5.67. The molecule has 2 rings (SSSR count).